The number of hydrogen-bond donors (Lipinski definition) is 4. The second-order valence-corrected chi connectivity index (χ2v) is 5.59. The molecule has 0 unspecified atom stereocenters. The summed E-state index contributed by atoms with van der Waals surface area (Å²) in [5.41, 5.74) is 0.853. The minimum Gasteiger partial charge on any atom is -0.478 e. The van der Waals surface area contributed by atoms with E-state index >= 15 is 0 Å². The van der Waals surface area contributed by atoms with Crippen molar-refractivity contribution in [3.63, 3.8) is 0 Å². The first kappa shape index (κ1) is 15.6. The van der Waals surface area contributed by atoms with Crippen LogP contribution in [0.1, 0.15) is 10.4 Å². The summed E-state index contributed by atoms with van der Waals surface area (Å²) in [6.07, 6.45) is 1.67. The van der Waals surface area contributed by atoms with Gasteiger partial charge >= 0.3 is 12.0 Å². The number of carboxylic acids is 1. The van der Waals surface area contributed by atoms with Crippen LogP contribution >= 0.6 is 0 Å². The number of aromatic amines is 1. The summed E-state index contributed by atoms with van der Waals surface area (Å²) >= 11 is 0. The third kappa shape index (κ3) is 2.91. The normalized spacial score (nSPS) is 10.8. The monoisotopic (exact) mass is 347 g/mol. The maximum absolute atomic E-state index is 12.2. The summed E-state index contributed by atoms with van der Waals surface area (Å²) < 4.78 is 0. The molecule has 0 fully saturated rings. The number of aromatic carboxylic acids is 1. The molecule has 128 valence electrons. The van der Waals surface area contributed by atoms with Crippen LogP contribution in [0, 0.1) is 0 Å². The maximum Gasteiger partial charge on any atom is 0.337 e. The molecule has 26 heavy (non-hydrogen) atoms. The minimum atomic E-state index is -1.08. The number of benzene rings is 2. The maximum atomic E-state index is 12.2. The van der Waals surface area contributed by atoms with Gasteiger partial charge in [-0.25, -0.2) is 19.6 Å². The van der Waals surface area contributed by atoms with E-state index < -0.39 is 12.0 Å². The number of pyridine rings is 1. The lowest BCUT2D eigenvalue weighted by atomic mass is 10.2. The van der Waals surface area contributed by atoms with E-state index in [0.717, 1.165) is 10.8 Å². The van der Waals surface area contributed by atoms with Crippen molar-refractivity contribution in [3.8, 4) is 0 Å². The first-order valence-corrected chi connectivity index (χ1v) is 7.75. The third-order valence-corrected chi connectivity index (χ3v) is 3.85. The Kier molecular flexibility index (Phi) is 3.70. The summed E-state index contributed by atoms with van der Waals surface area (Å²) in [5.74, 6) is -0.547. The average molecular weight is 347 g/mol. The van der Waals surface area contributed by atoms with E-state index in [9.17, 15) is 14.7 Å². The topological polar surface area (TPSA) is 120 Å². The highest BCUT2D eigenvalue weighted by Gasteiger charge is 2.14. The molecule has 0 spiro atoms. The number of carbonyl (C=O) groups excluding carboxylic acids is 1. The molecule has 2 aromatic heterocycles. The number of H-pyrrole nitrogens is 1. The van der Waals surface area contributed by atoms with E-state index in [-0.39, 0.29) is 17.0 Å². The fraction of sp³-hybridized carbons (Fsp3) is 0. The molecule has 4 N–H and O–H groups in total. The highest BCUT2D eigenvalue weighted by molar-refractivity contribution is 6.03. The van der Waals surface area contributed by atoms with Gasteiger partial charge < -0.3 is 10.1 Å². The van der Waals surface area contributed by atoms with E-state index in [1.165, 1.54) is 6.07 Å². The first-order valence-electron chi connectivity index (χ1n) is 7.75. The van der Waals surface area contributed by atoms with Crippen molar-refractivity contribution in [2.45, 2.75) is 0 Å². The Morgan fingerprint density at radius 1 is 1.00 bits per heavy atom. The Balaban J connectivity index is 1.55. The molecule has 2 amide bonds. The minimum absolute atomic E-state index is 0.0587. The molecule has 0 radical (unpaired) electrons. The van der Waals surface area contributed by atoms with Gasteiger partial charge in [-0.05, 0) is 23.6 Å². The van der Waals surface area contributed by atoms with Gasteiger partial charge in [-0.15, -0.1) is 0 Å². The quantitative estimate of drug-likeness (QED) is 0.452. The lowest BCUT2D eigenvalue weighted by Crippen LogP contribution is -2.20. The zero-order valence-corrected chi connectivity index (χ0v) is 13.4. The number of carbonyl (C=O) groups is 2. The van der Waals surface area contributed by atoms with Gasteiger partial charge in [-0.1, -0.05) is 30.3 Å². The van der Waals surface area contributed by atoms with Crippen LogP contribution < -0.4 is 10.6 Å². The van der Waals surface area contributed by atoms with Gasteiger partial charge in [-0.3, -0.25) is 10.6 Å². The molecular formula is C18H13N5O3. The molecule has 8 heteroatoms. The summed E-state index contributed by atoms with van der Waals surface area (Å²) in [5, 5.41) is 16.3. The molecule has 0 aliphatic carbocycles. The number of nitrogens with zero attached hydrogens (tertiary/aromatic N) is 2. The molecule has 8 nitrogen and oxygen atoms in total. The van der Waals surface area contributed by atoms with Crippen LogP contribution in [0.4, 0.5) is 16.6 Å². The van der Waals surface area contributed by atoms with E-state index in [1.54, 1.807) is 24.4 Å². The molecule has 2 heterocycles. The lowest BCUT2D eigenvalue weighted by Gasteiger charge is -2.05. The first-order chi connectivity index (χ1) is 12.6. The van der Waals surface area contributed by atoms with Crippen molar-refractivity contribution in [3.05, 3.63) is 60.3 Å². The molecule has 0 aliphatic rings. The second-order valence-electron chi connectivity index (χ2n) is 5.59. The van der Waals surface area contributed by atoms with Gasteiger partial charge in [0.05, 0.1) is 11.1 Å². The Morgan fingerprint density at radius 2 is 1.81 bits per heavy atom. The van der Waals surface area contributed by atoms with Crippen molar-refractivity contribution >= 4 is 45.6 Å². The number of aromatic nitrogens is 3. The zero-order chi connectivity index (χ0) is 18.1. The van der Waals surface area contributed by atoms with Gasteiger partial charge in [0, 0.05) is 11.6 Å². The van der Waals surface area contributed by atoms with Gasteiger partial charge in [0.15, 0.2) is 0 Å². The van der Waals surface area contributed by atoms with Gasteiger partial charge in [0.2, 0.25) is 5.95 Å². The van der Waals surface area contributed by atoms with E-state index in [0.29, 0.717) is 11.3 Å². The lowest BCUT2D eigenvalue weighted by molar-refractivity contribution is 0.0699. The van der Waals surface area contributed by atoms with Crippen molar-refractivity contribution in [2.75, 3.05) is 10.6 Å². The highest BCUT2D eigenvalue weighted by atomic mass is 16.4. The largest absolute Gasteiger partial charge is 0.478 e. The number of hydrogen-bond acceptors (Lipinski definition) is 4. The standard InChI is InChI=1S/C18H13N5O3/c24-16(25)12-6-3-7-13-15(12)22-17(20-13)23-18(26)21-14-8-10-4-1-2-5-11(10)9-19-14/h1-9H,(H,24,25)(H3,19,20,21,22,23,26). The number of anilines is 2. The number of urea groups is 1. The van der Waals surface area contributed by atoms with Gasteiger partial charge in [-0.2, -0.15) is 0 Å². The van der Waals surface area contributed by atoms with Crippen molar-refractivity contribution < 1.29 is 14.7 Å². The van der Waals surface area contributed by atoms with Crippen LogP contribution in [-0.2, 0) is 0 Å². The van der Waals surface area contributed by atoms with Crippen molar-refractivity contribution in [2.24, 2.45) is 0 Å². The average Bonchev–Trinajstić information content (AvgIpc) is 3.03. The van der Waals surface area contributed by atoms with Crippen LogP contribution in [0.2, 0.25) is 0 Å². The molecule has 4 rings (SSSR count). The second kappa shape index (κ2) is 6.17. The molecule has 2 aromatic carbocycles. The molecule has 0 atom stereocenters. The Bertz CT molecular complexity index is 1150. The number of imidazole rings is 1. The summed E-state index contributed by atoms with van der Waals surface area (Å²) in [7, 11) is 0. The van der Waals surface area contributed by atoms with E-state index in [1.807, 2.05) is 24.3 Å². The predicted molar refractivity (Wildman–Crippen MR) is 97.4 cm³/mol. The summed E-state index contributed by atoms with van der Waals surface area (Å²) in [4.78, 5) is 34.6. The molecule has 0 bridgehead atoms. The number of amides is 2. The Morgan fingerprint density at radius 3 is 2.62 bits per heavy atom. The smallest absolute Gasteiger partial charge is 0.337 e. The fourth-order valence-electron chi connectivity index (χ4n) is 2.67. The summed E-state index contributed by atoms with van der Waals surface area (Å²) in [6.45, 7) is 0. The number of rotatable bonds is 3. The Labute approximate surface area is 146 Å². The molecule has 0 saturated carbocycles. The number of carboxylic acid groups (broad SMARTS) is 1. The SMILES string of the molecule is O=C(Nc1cc2ccccc2cn1)Nc1nc2c(C(=O)O)cccc2[nH]1. The van der Waals surface area contributed by atoms with Crippen LogP contribution in [-0.4, -0.2) is 32.1 Å². The molecule has 0 saturated heterocycles. The zero-order valence-electron chi connectivity index (χ0n) is 13.4. The van der Waals surface area contributed by atoms with Gasteiger partial charge in [0.1, 0.15) is 11.3 Å². The van der Waals surface area contributed by atoms with Crippen LogP contribution in [0.15, 0.2) is 54.7 Å². The van der Waals surface area contributed by atoms with Crippen molar-refractivity contribution in [1.29, 1.82) is 0 Å². The van der Waals surface area contributed by atoms with E-state index in [2.05, 4.69) is 25.6 Å². The number of para-hydroxylation sites is 1. The Hall–Kier alpha value is -3.94. The van der Waals surface area contributed by atoms with Gasteiger partial charge in [0.25, 0.3) is 0 Å². The molecular weight excluding hydrogens is 334 g/mol. The highest BCUT2D eigenvalue weighted by Crippen LogP contribution is 2.19. The van der Waals surface area contributed by atoms with Crippen LogP contribution in [0.5, 0.6) is 0 Å². The van der Waals surface area contributed by atoms with Crippen LogP contribution in [0.3, 0.4) is 0 Å². The van der Waals surface area contributed by atoms with E-state index in [4.69, 9.17) is 0 Å². The third-order valence-electron chi connectivity index (χ3n) is 3.85. The fourth-order valence-corrected chi connectivity index (χ4v) is 2.67. The van der Waals surface area contributed by atoms with Crippen LogP contribution in [0.25, 0.3) is 21.8 Å². The predicted octanol–water partition coefficient (Wildman–Crippen LogP) is 3.45. The summed E-state index contributed by atoms with van der Waals surface area (Å²) in [6, 6.07) is 13.6. The number of nitrogens with one attached hydrogen (secondary N) is 3. The number of fused-ring (bicyclic) bond motifs is 2. The molecule has 0 aliphatic heterocycles. The molecule has 4 aromatic rings. The van der Waals surface area contributed by atoms with Crippen molar-refractivity contribution in [1.82, 2.24) is 15.0 Å².